The van der Waals surface area contributed by atoms with Crippen LogP contribution in [0.4, 0.5) is 4.39 Å². The summed E-state index contributed by atoms with van der Waals surface area (Å²) in [4.78, 5) is 15.5. The number of ether oxygens (including phenoxy) is 2. The number of amides is 1. The van der Waals surface area contributed by atoms with Crippen LogP contribution in [0.25, 0.3) is 0 Å². The second-order valence-electron chi connectivity index (χ2n) is 7.93. The molecule has 2 aromatic carbocycles. The lowest BCUT2D eigenvalue weighted by molar-refractivity contribution is -0.134. The number of piperidine rings is 1. The van der Waals surface area contributed by atoms with Gasteiger partial charge in [-0.3, -0.25) is 9.69 Å². The summed E-state index contributed by atoms with van der Waals surface area (Å²) in [5.74, 6) is 0.855. The molecule has 2 heterocycles. The summed E-state index contributed by atoms with van der Waals surface area (Å²) in [7, 11) is 3.18. The lowest BCUT2D eigenvalue weighted by Gasteiger charge is -2.29. The summed E-state index contributed by atoms with van der Waals surface area (Å²) in [6, 6.07) is 11.7. The van der Waals surface area contributed by atoms with Crippen LogP contribution in [0.1, 0.15) is 42.9 Å². The Labute approximate surface area is 182 Å². The molecule has 164 valence electrons. The summed E-state index contributed by atoms with van der Waals surface area (Å²) in [6.07, 6.45) is 3.82. The summed E-state index contributed by atoms with van der Waals surface area (Å²) < 4.78 is 25.4. The number of hydrogen-bond donors (Lipinski definition) is 0. The Morgan fingerprint density at radius 2 is 1.87 bits per heavy atom. The molecule has 1 amide bonds. The fourth-order valence-electron chi connectivity index (χ4n) is 4.32. The number of benzene rings is 2. The van der Waals surface area contributed by atoms with E-state index in [2.05, 4.69) is 10.0 Å². The summed E-state index contributed by atoms with van der Waals surface area (Å²) in [5.41, 5.74) is 1.81. The maximum Gasteiger partial charge on any atom is 0.257 e. The van der Waals surface area contributed by atoms with Crippen molar-refractivity contribution in [2.24, 2.45) is 5.10 Å². The van der Waals surface area contributed by atoms with Crippen molar-refractivity contribution in [1.29, 1.82) is 0 Å². The predicted octanol–water partition coefficient (Wildman–Crippen LogP) is 4.01. The normalized spacial score (nSPS) is 19.3. The Kier molecular flexibility index (Phi) is 6.51. The van der Waals surface area contributed by atoms with Crippen molar-refractivity contribution in [3.05, 3.63) is 59.4 Å². The van der Waals surface area contributed by atoms with Crippen molar-refractivity contribution in [3.8, 4) is 11.5 Å². The molecule has 0 spiro atoms. The van der Waals surface area contributed by atoms with Crippen LogP contribution in [0.5, 0.6) is 11.5 Å². The first-order chi connectivity index (χ1) is 15.1. The molecule has 7 heteroatoms. The van der Waals surface area contributed by atoms with E-state index in [-0.39, 0.29) is 17.8 Å². The van der Waals surface area contributed by atoms with Crippen LogP contribution < -0.4 is 9.47 Å². The van der Waals surface area contributed by atoms with Gasteiger partial charge in [0.05, 0.1) is 32.5 Å². The number of hydrazone groups is 1. The zero-order valence-electron chi connectivity index (χ0n) is 18.0. The van der Waals surface area contributed by atoms with E-state index in [0.29, 0.717) is 35.7 Å². The third-order valence-corrected chi connectivity index (χ3v) is 5.96. The number of carbonyl (C=O) groups excluding carboxylic acids is 1. The van der Waals surface area contributed by atoms with Gasteiger partial charge in [-0.05, 0) is 44.1 Å². The molecule has 1 saturated heterocycles. The van der Waals surface area contributed by atoms with Gasteiger partial charge >= 0.3 is 0 Å². The van der Waals surface area contributed by atoms with Gasteiger partial charge in [-0.25, -0.2) is 9.40 Å². The number of carbonyl (C=O) groups is 1. The first kappa shape index (κ1) is 21.3. The molecule has 0 aliphatic carbocycles. The fraction of sp³-hybridized carbons (Fsp3) is 0.417. The van der Waals surface area contributed by atoms with Gasteiger partial charge in [-0.1, -0.05) is 24.6 Å². The largest absolute Gasteiger partial charge is 0.497 e. The Balaban J connectivity index is 1.67. The van der Waals surface area contributed by atoms with Gasteiger partial charge in [-0.2, -0.15) is 5.10 Å². The fourth-order valence-corrected chi connectivity index (χ4v) is 4.32. The SMILES string of the molecule is COc1ccc([C@H]2CC(c3ccccc3F)=NN2C(=O)CN2CCCCC2)c(OC)c1. The first-order valence-electron chi connectivity index (χ1n) is 10.7. The van der Waals surface area contributed by atoms with Crippen molar-refractivity contribution in [3.63, 3.8) is 0 Å². The van der Waals surface area contributed by atoms with Gasteiger partial charge < -0.3 is 9.47 Å². The van der Waals surface area contributed by atoms with E-state index in [1.54, 1.807) is 38.5 Å². The van der Waals surface area contributed by atoms with E-state index in [4.69, 9.17) is 9.47 Å². The number of likely N-dealkylation sites (tertiary alicyclic amines) is 1. The average Bonchev–Trinajstić information content (AvgIpc) is 3.24. The second kappa shape index (κ2) is 9.47. The Hall–Kier alpha value is -2.93. The first-order valence-corrected chi connectivity index (χ1v) is 10.7. The smallest absolute Gasteiger partial charge is 0.257 e. The highest BCUT2D eigenvalue weighted by Gasteiger charge is 2.36. The van der Waals surface area contributed by atoms with Crippen LogP contribution >= 0.6 is 0 Å². The number of halogens is 1. The summed E-state index contributed by atoms with van der Waals surface area (Å²) >= 11 is 0. The molecule has 2 aliphatic rings. The summed E-state index contributed by atoms with van der Waals surface area (Å²) in [6.45, 7) is 2.14. The van der Waals surface area contributed by atoms with Crippen molar-refractivity contribution in [2.45, 2.75) is 31.7 Å². The second-order valence-corrected chi connectivity index (χ2v) is 7.93. The van der Waals surface area contributed by atoms with Gasteiger partial charge in [0.2, 0.25) is 0 Å². The van der Waals surface area contributed by atoms with Crippen molar-refractivity contribution in [1.82, 2.24) is 9.91 Å². The van der Waals surface area contributed by atoms with Crippen LogP contribution in [-0.4, -0.2) is 55.4 Å². The molecule has 0 bridgehead atoms. The van der Waals surface area contributed by atoms with E-state index in [0.717, 1.165) is 31.5 Å². The van der Waals surface area contributed by atoms with Gasteiger partial charge in [-0.15, -0.1) is 0 Å². The summed E-state index contributed by atoms with van der Waals surface area (Å²) in [5, 5.41) is 6.12. The van der Waals surface area contributed by atoms with Crippen molar-refractivity contribution < 1.29 is 18.7 Å². The minimum atomic E-state index is -0.368. The van der Waals surface area contributed by atoms with E-state index in [1.165, 1.54) is 17.5 Å². The van der Waals surface area contributed by atoms with E-state index in [9.17, 15) is 9.18 Å². The molecule has 31 heavy (non-hydrogen) atoms. The standard InChI is InChI=1S/C24H28FN3O3/c1-30-17-10-11-19(23(14-17)31-2)22-15-21(18-8-4-5-9-20(18)25)26-28(22)24(29)16-27-12-6-3-7-13-27/h4-5,8-11,14,22H,3,6-7,12-13,15-16H2,1-2H3/t22-/m1/s1. The molecule has 4 rings (SSSR count). The molecule has 6 nitrogen and oxygen atoms in total. The molecule has 0 aromatic heterocycles. The lowest BCUT2D eigenvalue weighted by atomic mass is 9.97. The molecule has 0 saturated carbocycles. The van der Waals surface area contributed by atoms with Gasteiger partial charge in [0.25, 0.3) is 5.91 Å². The Morgan fingerprint density at radius 1 is 1.10 bits per heavy atom. The minimum Gasteiger partial charge on any atom is -0.497 e. The Bertz CT molecular complexity index is 972. The zero-order chi connectivity index (χ0) is 21.8. The van der Waals surface area contributed by atoms with Crippen molar-refractivity contribution in [2.75, 3.05) is 33.9 Å². The van der Waals surface area contributed by atoms with Crippen LogP contribution in [0.3, 0.4) is 0 Å². The highest BCUT2D eigenvalue weighted by Crippen LogP contribution is 2.39. The van der Waals surface area contributed by atoms with Crippen LogP contribution in [0, 0.1) is 5.82 Å². The molecule has 0 unspecified atom stereocenters. The van der Waals surface area contributed by atoms with Gasteiger partial charge in [0.1, 0.15) is 17.3 Å². The molecule has 2 aliphatic heterocycles. The van der Waals surface area contributed by atoms with E-state index >= 15 is 0 Å². The molecule has 0 radical (unpaired) electrons. The third-order valence-electron chi connectivity index (χ3n) is 5.96. The van der Waals surface area contributed by atoms with Crippen LogP contribution in [-0.2, 0) is 4.79 Å². The molecule has 1 atom stereocenters. The Morgan fingerprint density at radius 3 is 2.58 bits per heavy atom. The molecule has 1 fully saturated rings. The maximum absolute atomic E-state index is 14.5. The average molecular weight is 426 g/mol. The highest BCUT2D eigenvalue weighted by molar-refractivity contribution is 6.03. The number of methoxy groups -OCH3 is 2. The highest BCUT2D eigenvalue weighted by atomic mass is 19.1. The molecule has 2 aromatic rings. The zero-order valence-corrected chi connectivity index (χ0v) is 18.0. The van der Waals surface area contributed by atoms with Gasteiger partial charge in [0.15, 0.2) is 0 Å². The number of hydrogen-bond acceptors (Lipinski definition) is 5. The quantitative estimate of drug-likeness (QED) is 0.702. The molecule has 0 N–H and O–H groups in total. The monoisotopic (exact) mass is 425 g/mol. The lowest BCUT2D eigenvalue weighted by Crippen LogP contribution is -2.40. The minimum absolute atomic E-state index is 0.0869. The maximum atomic E-state index is 14.5. The third kappa shape index (κ3) is 4.56. The van der Waals surface area contributed by atoms with Crippen LogP contribution in [0.15, 0.2) is 47.6 Å². The predicted molar refractivity (Wildman–Crippen MR) is 117 cm³/mol. The van der Waals surface area contributed by atoms with Gasteiger partial charge in [0, 0.05) is 23.6 Å². The molecular formula is C24H28FN3O3. The van der Waals surface area contributed by atoms with Crippen molar-refractivity contribution >= 4 is 11.6 Å². The molecular weight excluding hydrogens is 397 g/mol. The topological polar surface area (TPSA) is 54.4 Å². The van der Waals surface area contributed by atoms with E-state index in [1.807, 2.05) is 12.1 Å². The van der Waals surface area contributed by atoms with Crippen LogP contribution in [0.2, 0.25) is 0 Å². The number of nitrogens with zero attached hydrogens (tertiary/aromatic N) is 3. The van der Waals surface area contributed by atoms with E-state index < -0.39 is 0 Å². The number of rotatable bonds is 6.